The van der Waals surface area contributed by atoms with Gasteiger partial charge in [0.2, 0.25) is 0 Å². The number of fused-ring (bicyclic) bond motifs is 12. The number of thioether (sulfide) groups is 1. The highest BCUT2D eigenvalue weighted by molar-refractivity contribution is 8.00. The molecule has 4 heteroatoms. The van der Waals surface area contributed by atoms with Crippen LogP contribution in [0.4, 0.5) is 0 Å². The lowest BCUT2D eigenvalue weighted by Gasteiger charge is -2.43. The molecule has 0 saturated heterocycles. The summed E-state index contributed by atoms with van der Waals surface area (Å²) in [6.07, 6.45) is 6.38. The molecule has 1 spiro atoms. The molecule has 3 atom stereocenters. The van der Waals surface area contributed by atoms with Gasteiger partial charge in [0.25, 0.3) is 0 Å². The molecule has 0 fully saturated rings. The molecule has 11 rings (SSSR count). The van der Waals surface area contributed by atoms with Gasteiger partial charge in [0.15, 0.2) is 0 Å². The number of ether oxygens (including phenoxy) is 1. The van der Waals surface area contributed by atoms with Crippen molar-refractivity contribution in [2.75, 3.05) is 7.05 Å². The minimum atomic E-state index is -0.488. The number of allylic oxidation sites excluding steroid dienone is 3. The average Bonchev–Trinajstić information content (AvgIpc) is 3.72. The summed E-state index contributed by atoms with van der Waals surface area (Å²) in [5.74, 6) is 1.89. The highest BCUT2D eigenvalue weighted by Crippen LogP contribution is 2.63. The second-order valence-corrected chi connectivity index (χ2v) is 15.8. The summed E-state index contributed by atoms with van der Waals surface area (Å²) in [4.78, 5) is 9.42. The number of rotatable bonds is 3. The number of aliphatic imine (C=N–C) groups is 1. The Kier molecular flexibility index (Phi) is 6.71. The van der Waals surface area contributed by atoms with Crippen LogP contribution in [0.15, 0.2) is 173 Å². The van der Waals surface area contributed by atoms with Gasteiger partial charge < -0.3 is 4.74 Å². The van der Waals surface area contributed by atoms with E-state index in [9.17, 15) is 0 Å². The summed E-state index contributed by atoms with van der Waals surface area (Å²) in [5.41, 5.74) is 14.9. The van der Waals surface area contributed by atoms with Crippen molar-refractivity contribution in [2.24, 2.45) is 4.99 Å². The summed E-state index contributed by atoms with van der Waals surface area (Å²) in [6.45, 7) is 0. The first-order chi connectivity index (χ1) is 25.7. The maximum Gasteiger partial charge on any atom is 0.137 e. The minimum absolute atomic E-state index is 0.0431. The zero-order chi connectivity index (χ0) is 34.4. The Labute approximate surface area is 309 Å². The molecule has 6 aromatic rings. The molecule has 3 aliphatic heterocycles. The Balaban J connectivity index is 1.09. The van der Waals surface area contributed by atoms with Gasteiger partial charge in [0.1, 0.15) is 17.7 Å². The maximum absolute atomic E-state index is 7.15. The van der Waals surface area contributed by atoms with Crippen molar-refractivity contribution < 1.29 is 4.74 Å². The molecular formula is C48H36N2OS. The molecule has 3 heterocycles. The molecular weight excluding hydrogens is 653 g/mol. The van der Waals surface area contributed by atoms with Crippen LogP contribution in [0.3, 0.4) is 0 Å². The number of hydrogen-bond donors (Lipinski definition) is 0. The van der Waals surface area contributed by atoms with Crippen LogP contribution in [0.2, 0.25) is 0 Å². The Morgan fingerprint density at radius 3 is 2.08 bits per heavy atom. The van der Waals surface area contributed by atoms with Gasteiger partial charge in [-0.05, 0) is 70.1 Å². The van der Waals surface area contributed by atoms with Crippen LogP contribution in [0.25, 0.3) is 16.7 Å². The van der Waals surface area contributed by atoms with Crippen LogP contribution >= 0.6 is 11.8 Å². The largest absolute Gasteiger partial charge is 0.456 e. The van der Waals surface area contributed by atoms with Gasteiger partial charge in [0, 0.05) is 45.0 Å². The fourth-order valence-electron chi connectivity index (χ4n) is 9.65. The van der Waals surface area contributed by atoms with Gasteiger partial charge in [-0.15, -0.1) is 11.8 Å². The van der Waals surface area contributed by atoms with Gasteiger partial charge in [-0.2, -0.15) is 0 Å². The zero-order valence-corrected chi connectivity index (χ0v) is 29.7. The van der Waals surface area contributed by atoms with E-state index in [1.54, 1.807) is 0 Å². The van der Waals surface area contributed by atoms with Crippen LogP contribution < -0.4 is 4.74 Å². The van der Waals surface area contributed by atoms with Crippen molar-refractivity contribution in [1.29, 1.82) is 0 Å². The third-order valence-corrected chi connectivity index (χ3v) is 13.3. The van der Waals surface area contributed by atoms with E-state index in [1.807, 2.05) is 11.8 Å². The molecule has 2 aliphatic carbocycles. The second-order valence-electron chi connectivity index (χ2n) is 14.5. The number of para-hydroxylation sites is 2. The molecule has 0 radical (unpaired) electrons. The van der Waals surface area contributed by atoms with E-state index in [0.717, 1.165) is 24.3 Å². The first kappa shape index (κ1) is 30.2. The van der Waals surface area contributed by atoms with Crippen molar-refractivity contribution in [1.82, 2.24) is 4.90 Å². The Hall–Kier alpha value is -5.42. The summed E-state index contributed by atoms with van der Waals surface area (Å²) in [5, 5.41) is 0.417. The summed E-state index contributed by atoms with van der Waals surface area (Å²) >= 11 is 2.00. The third kappa shape index (κ3) is 4.22. The molecule has 0 saturated carbocycles. The first-order valence-corrected chi connectivity index (χ1v) is 19.2. The predicted molar refractivity (Wildman–Crippen MR) is 212 cm³/mol. The predicted octanol–water partition coefficient (Wildman–Crippen LogP) is 11.6. The lowest BCUT2D eigenvalue weighted by molar-refractivity contribution is 0.167. The lowest BCUT2D eigenvalue weighted by Crippen LogP contribution is -2.37. The standard InChI is InChI=1S/C48H36N2OS/c1-50-42(29-41(49-47(50)30-14-3-2-4-15-30)31-26-27-35-34-18-7-12-25-44(34)52-45(35)28-31)36-19-13-23-40-46(36)51-43-24-11-10-22-39(43)48(40)37-20-8-5-16-32(37)33-17-6-9-21-38(33)48/h2-27,42,45,47H,28-29H2,1H3. The molecule has 6 aromatic carbocycles. The smallest absolute Gasteiger partial charge is 0.137 e. The van der Waals surface area contributed by atoms with E-state index in [4.69, 9.17) is 9.73 Å². The SMILES string of the molecule is CN1C(c2cccc3c2Oc2ccccc2C32c3ccccc3-c3ccccc32)CC(C2=CC=C3c4ccccc4SC3C2)=NC1c1ccccc1. The van der Waals surface area contributed by atoms with E-state index in [0.29, 0.717) is 5.25 Å². The molecule has 0 amide bonds. The molecule has 5 aliphatic rings. The number of hydrogen-bond acceptors (Lipinski definition) is 4. The second kappa shape index (κ2) is 11.5. The molecule has 3 unspecified atom stereocenters. The van der Waals surface area contributed by atoms with Crippen molar-refractivity contribution >= 4 is 23.0 Å². The molecule has 3 nitrogen and oxygen atoms in total. The number of nitrogens with zero attached hydrogens (tertiary/aromatic N) is 2. The van der Waals surface area contributed by atoms with Crippen LogP contribution in [-0.2, 0) is 5.41 Å². The topological polar surface area (TPSA) is 24.8 Å². The lowest BCUT2D eigenvalue weighted by atomic mass is 9.65. The van der Waals surface area contributed by atoms with Crippen molar-refractivity contribution in [2.45, 2.75) is 40.6 Å². The summed E-state index contributed by atoms with van der Waals surface area (Å²) in [7, 11) is 2.24. The van der Waals surface area contributed by atoms with E-state index in [-0.39, 0.29) is 12.2 Å². The van der Waals surface area contributed by atoms with Crippen molar-refractivity contribution in [3.63, 3.8) is 0 Å². The summed E-state index contributed by atoms with van der Waals surface area (Å²) < 4.78 is 7.15. The first-order valence-electron chi connectivity index (χ1n) is 18.3. The van der Waals surface area contributed by atoms with Gasteiger partial charge in [-0.3, -0.25) is 9.89 Å². The fourth-order valence-corrected chi connectivity index (χ4v) is 11.0. The van der Waals surface area contributed by atoms with Gasteiger partial charge >= 0.3 is 0 Å². The summed E-state index contributed by atoms with van der Waals surface area (Å²) in [6, 6.07) is 53.2. The highest BCUT2D eigenvalue weighted by atomic mass is 32.2. The maximum atomic E-state index is 7.15. The Morgan fingerprint density at radius 1 is 0.635 bits per heavy atom. The van der Waals surface area contributed by atoms with Crippen LogP contribution in [0, 0.1) is 0 Å². The van der Waals surface area contributed by atoms with Crippen molar-refractivity contribution in [3.05, 3.63) is 202 Å². The monoisotopic (exact) mass is 688 g/mol. The highest BCUT2D eigenvalue weighted by Gasteiger charge is 2.52. The van der Waals surface area contributed by atoms with Crippen LogP contribution in [-0.4, -0.2) is 22.9 Å². The Bertz CT molecular complexity index is 2480. The number of benzene rings is 6. The van der Waals surface area contributed by atoms with E-state index >= 15 is 0 Å². The quantitative estimate of drug-likeness (QED) is 0.185. The van der Waals surface area contributed by atoms with Gasteiger partial charge in [-0.1, -0.05) is 146 Å². The molecule has 0 N–H and O–H groups in total. The fraction of sp³-hybridized carbons (Fsp3) is 0.146. The van der Waals surface area contributed by atoms with Crippen LogP contribution in [0.5, 0.6) is 11.5 Å². The van der Waals surface area contributed by atoms with Crippen LogP contribution in [0.1, 0.15) is 64.0 Å². The normalized spacial score (nSPS) is 21.7. The molecule has 0 bridgehead atoms. The van der Waals surface area contributed by atoms with Gasteiger partial charge in [-0.25, -0.2) is 0 Å². The van der Waals surface area contributed by atoms with Gasteiger partial charge in [0.05, 0.1) is 5.41 Å². The molecule has 52 heavy (non-hydrogen) atoms. The third-order valence-electron chi connectivity index (χ3n) is 12.0. The van der Waals surface area contributed by atoms with Crippen molar-refractivity contribution in [3.8, 4) is 22.6 Å². The molecule has 250 valence electrons. The van der Waals surface area contributed by atoms with E-state index in [1.165, 1.54) is 71.8 Å². The van der Waals surface area contributed by atoms with E-state index < -0.39 is 5.41 Å². The average molecular weight is 689 g/mol. The minimum Gasteiger partial charge on any atom is -0.456 e. The van der Waals surface area contributed by atoms with E-state index in [2.05, 4.69) is 170 Å². The Morgan fingerprint density at radius 2 is 1.29 bits per heavy atom. The zero-order valence-electron chi connectivity index (χ0n) is 28.9. The molecule has 0 aromatic heterocycles.